The van der Waals surface area contributed by atoms with Crippen LogP contribution < -0.4 is 10.6 Å². The van der Waals surface area contributed by atoms with Crippen molar-refractivity contribution in [1.29, 1.82) is 0 Å². The third kappa shape index (κ3) is 5.85. The normalized spacial score (nSPS) is 11.6. The van der Waals surface area contributed by atoms with E-state index in [1.807, 2.05) is 54.6 Å². The zero-order chi connectivity index (χ0) is 17.4. The van der Waals surface area contributed by atoms with Crippen molar-refractivity contribution in [2.45, 2.75) is 33.1 Å². The fourth-order valence-corrected chi connectivity index (χ4v) is 2.17. The first kappa shape index (κ1) is 17.7. The van der Waals surface area contributed by atoms with E-state index in [4.69, 9.17) is 4.74 Å². The highest BCUT2D eigenvalue weighted by atomic mass is 16.5. The van der Waals surface area contributed by atoms with Crippen LogP contribution in [0.2, 0.25) is 0 Å². The van der Waals surface area contributed by atoms with E-state index >= 15 is 0 Å². The van der Waals surface area contributed by atoms with Crippen LogP contribution in [-0.4, -0.2) is 17.9 Å². The Labute approximate surface area is 142 Å². The highest BCUT2D eigenvalue weighted by Crippen LogP contribution is 2.12. The van der Waals surface area contributed by atoms with Crippen LogP contribution in [0.25, 0.3) is 0 Å². The van der Waals surface area contributed by atoms with Crippen molar-refractivity contribution in [3.8, 4) is 0 Å². The lowest BCUT2D eigenvalue weighted by atomic mass is 10.2. The van der Waals surface area contributed by atoms with E-state index in [9.17, 15) is 9.59 Å². The number of nitrogens with one attached hydrogen (secondary N) is 2. The first-order valence-electron chi connectivity index (χ1n) is 7.83. The molecule has 0 heterocycles. The molecule has 5 heteroatoms. The van der Waals surface area contributed by atoms with Gasteiger partial charge in [-0.1, -0.05) is 42.5 Å². The Morgan fingerprint density at radius 1 is 0.958 bits per heavy atom. The minimum atomic E-state index is -0.573. The van der Waals surface area contributed by atoms with Gasteiger partial charge in [0.05, 0.1) is 13.2 Å². The highest BCUT2D eigenvalue weighted by molar-refractivity contribution is 5.96. The van der Waals surface area contributed by atoms with Crippen LogP contribution in [-0.2, 0) is 27.5 Å². The van der Waals surface area contributed by atoms with Gasteiger partial charge in [0.2, 0.25) is 11.8 Å². The number of anilines is 1. The SMILES string of the molecule is CC(=O)NC(C)C(=O)Nc1ccc(COCc2ccccc2)cc1. The molecule has 0 saturated heterocycles. The maximum absolute atomic E-state index is 11.9. The molecule has 0 radical (unpaired) electrons. The van der Waals surface area contributed by atoms with Crippen molar-refractivity contribution < 1.29 is 14.3 Å². The molecule has 0 aromatic heterocycles. The molecule has 24 heavy (non-hydrogen) atoms. The van der Waals surface area contributed by atoms with Crippen molar-refractivity contribution in [2.75, 3.05) is 5.32 Å². The average molecular weight is 326 g/mol. The molecular weight excluding hydrogens is 304 g/mol. The molecule has 2 aromatic rings. The second-order valence-electron chi connectivity index (χ2n) is 5.59. The van der Waals surface area contributed by atoms with E-state index < -0.39 is 6.04 Å². The van der Waals surface area contributed by atoms with Crippen LogP contribution in [0.5, 0.6) is 0 Å². The second kappa shape index (κ2) is 8.84. The molecule has 2 rings (SSSR count). The van der Waals surface area contributed by atoms with E-state index in [0.29, 0.717) is 18.9 Å². The van der Waals surface area contributed by atoms with Crippen molar-refractivity contribution in [3.63, 3.8) is 0 Å². The van der Waals surface area contributed by atoms with Gasteiger partial charge in [0, 0.05) is 12.6 Å². The van der Waals surface area contributed by atoms with Crippen molar-refractivity contribution in [3.05, 3.63) is 65.7 Å². The molecule has 0 fully saturated rings. The van der Waals surface area contributed by atoms with Gasteiger partial charge < -0.3 is 15.4 Å². The number of amides is 2. The van der Waals surface area contributed by atoms with E-state index in [1.165, 1.54) is 6.92 Å². The Morgan fingerprint density at radius 3 is 2.12 bits per heavy atom. The number of rotatable bonds is 7. The highest BCUT2D eigenvalue weighted by Gasteiger charge is 2.13. The van der Waals surface area contributed by atoms with Crippen LogP contribution >= 0.6 is 0 Å². The van der Waals surface area contributed by atoms with Gasteiger partial charge in [-0.25, -0.2) is 0 Å². The first-order chi connectivity index (χ1) is 11.5. The van der Waals surface area contributed by atoms with Crippen molar-refractivity contribution in [2.24, 2.45) is 0 Å². The molecule has 2 amide bonds. The van der Waals surface area contributed by atoms with E-state index in [1.54, 1.807) is 6.92 Å². The van der Waals surface area contributed by atoms with Gasteiger partial charge in [-0.2, -0.15) is 0 Å². The summed E-state index contributed by atoms with van der Waals surface area (Å²) in [5.74, 6) is -0.484. The predicted molar refractivity (Wildman–Crippen MR) is 93.3 cm³/mol. The minimum Gasteiger partial charge on any atom is -0.372 e. The summed E-state index contributed by atoms with van der Waals surface area (Å²) < 4.78 is 5.67. The molecule has 0 bridgehead atoms. The largest absolute Gasteiger partial charge is 0.372 e. The van der Waals surface area contributed by atoms with Crippen LogP contribution in [0, 0.1) is 0 Å². The van der Waals surface area contributed by atoms with E-state index in [2.05, 4.69) is 10.6 Å². The van der Waals surface area contributed by atoms with Crippen LogP contribution in [0.15, 0.2) is 54.6 Å². The lowest BCUT2D eigenvalue weighted by molar-refractivity contribution is -0.124. The maximum atomic E-state index is 11.9. The molecule has 1 atom stereocenters. The molecule has 5 nitrogen and oxygen atoms in total. The summed E-state index contributed by atoms with van der Waals surface area (Å²) in [4.78, 5) is 22.9. The number of ether oxygens (including phenoxy) is 1. The lowest BCUT2D eigenvalue weighted by Crippen LogP contribution is -2.40. The molecule has 2 N–H and O–H groups in total. The second-order valence-corrected chi connectivity index (χ2v) is 5.59. The van der Waals surface area contributed by atoms with Gasteiger partial charge in [-0.05, 0) is 30.2 Å². The molecule has 126 valence electrons. The zero-order valence-corrected chi connectivity index (χ0v) is 13.9. The number of carbonyl (C=O) groups excluding carboxylic acids is 2. The number of carbonyl (C=O) groups is 2. The summed E-state index contributed by atoms with van der Waals surface area (Å²) in [6.07, 6.45) is 0. The monoisotopic (exact) mass is 326 g/mol. The molecule has 0 aliphatic carbocycles. The quantitative estimate of drug-likeness (QED) is 0.822. The van der Waals surface area contributed by atoms with Crippen LogP contribution in [0.1, 0.15) is 25.0 Å². The first-order valence-corrected chi connectivity index (χ1v) is 7.83. The Hall–Kier alpha value is -2.66. The molecule has 0 saturated carbocycles. The molecule has 2 aromatic carbocycles. The van der Waals surface area contributed by atoms with Gasteiger partial charge in [-0.3, -0.25) is 9.59 Å². The molecule has 1 unspecified atom stereocenters. The smallest absolute Gasteiger partial charge is 0.246 e. The van der Waals surface area contributed by atoms with E-state index in [-0.39, 0.29) is 11.8 Å². The Kier molecular flexibility index (Phi) is 6.51. The van der Waals surface area contributed by atoms with Crippen molar-refractivity contribution in [1.82, 2.24) is 5.32 Å². The van der Waals surface area contributed by atoms with Gasteiger partial charge >= 0.3 is 0 Å². The van der Waals surface area contributed by atoms with Crippen molar-refractivity contribution >= 4 is 17.5 Å². The Morgan fingerprint density at radius 2 is 1.54 bits per heavy atom. The average Bonchev–Trinajstić information content (AvgIpc) is 2.57. The zero-order valence-electron chi connectivity index (χ0n) is 13.9. The Bertz CT molecular complexity index is 669. The summed E-state index contributed by atoms with van der Waals surface area (Å²) in [6.45, 7) is 4.09. The number of benzene rings is 2. The fourth-order valence-electron chi connectivity index (χ4n) is 2.17. The molecule has 0 spiro atoms. The third-order valence-corrected chi connectivity index (χ3v) is 3.41. The summed E-state index contributed by atoms with van der Waals surface area (Å²) in [5.41, 5.74) is 2.84. The third-order valence-electron chi connectivity index (χ3n) is 3.41. The summed E-state index contributed by atoms with van der Waals surface area (Å²) in [5, 5.41) is 5.31. The molecule has 0 aliphatic rings. The predicted octanol–water partition coefficient (Wildman–Crippen LogP) is 2.87. The number of hydrogen-bond donors (Lipinski definition) is 2. The van der Waals surface area contributed by atoms with Gasteiger partial charge in [0.1, 0.15) is 6.04 Å². The van der Waals surface area contributed by atoms with Crippen LogP contribution in [0.4, 0.5) is 5.69 Å². The number of hydrogen-bond acceptors (Lipinski definition) is 3. The fraction of sp³-hybridized carbons (Fsp3) is 0.263. The Balaban J connectivity index is 1.80. The van der Waals surface area contributed by atoms with Gasteiger partial charge in [0.15, 0.2) is 0 Å². The van der Waals surface area contributed by atoms with Gasteiger partial charge in [-0.15, -0.1) is 0 Å². The standard InChI is InChI=1S/C19H22N2O3/c1-14(20-15(2)22)19(23)21-18-10-8-17(9-11-18)13-24-12-16-6-4-3-5-7-16/h3-11,14H,12-13H2,1-2H3,(H,20,22)(H,21,23). The minimum absolute atomic E-state index is 0.233. The van der Waals surface area contributed by atoms with Gasteiger partial charge in [0.25, 0.3) is 0 Å². The van der Waals surface area contributed by atoms with E-state index in [0.717, 1.165) is 11.1 Å². The molecule has 0 aliphatic heterocycles. The maximum Gasteiger partial charge on any atom is 0.246 e. The lowest BCUT2D eigenvalue weighted by Gasteiger charge is -2.13. The molecular formula is C19H22N2O3. The summed E-state index contributed by atoms with van der Waals surface area (Å²) in [6, 6.07) is 16.9. The summed E-state index contributed by atoms with van der Waals surface area (Å²) >= 11 is 0. The topological polar surface area (TPSA) is 67.4 Å². The van der Waals surface area contributed by atoms with Crippen LogP contribution in [0.3, 0.4) is 0 Å². The summed E-state index contributed by atoms with van der Waals surface area (Å²) in [7, 11) is 0.